The average Bonchev–Trinajstić information content (AvgIpc) is 3.04. The molecule has 4 rings (SSSR count). The highest BCUT2D eigenvalue weighted by molar-refractivity contribution is 6.03. The number of imidazole rings is 1. The van der Waals surface area contributed by atoms with Crippen LogP contribution in [0.4, 0.5) is 5.82 Å². The van der Waals surface area contributed by atoms with Crippen LogP contribution in [0.15, 0.2) is 48.5 Å². The van der Waals surface area contributed by atoms with Gasteiger partial charge in [-0.1, -0.05) is 24.3 Å². The highest BCUT2D eigenvalue weighted by Crippen LogP contribution is 2.22. The van der Waals surface area contributed by atoms with Crippen LogP contribution in [0.1, 0.15) is 21.7 Å². The molecule has 28 heavy (non-hydrogen) atoms. The lowest BCUT2D eigenvalue weighted by Gasteiger charge is -2.07. The molecule has 140 valence electrons. The standard InChI is InChI=1S/C20H18N6O2/c1-12-6-4-5-7-14(12)15-8-10-17-21-13(2)19(26(17)25-15)20(27)22-16-9-11-18(28-3)24-23-16/h4-11H,1-3H3,(H,22,23,27). The first-order valence-corrected chi connectivity index (χ1v) is 8.68. The van der Waals surface area contributed by atoms with E-state index in [1.165, 1.54) is 7.11 Å². The molecule has 0 fully saturated rings. The molecule has 0 unspecified atom stereocenters. The Kier molecular flexibility index (Phi) is 4.44. The van der Waals surface area contributed by atoms with Crippen molar-refractivity contribution in [2.24, 2.45) is 0 Å². The Balaban J connectivity index is 1.73. The molecule has 0 saturated heterocycles. The maximum atomic E-state index is 12.9. The van der Waals surface area contributed by atoms with Gasteiger partial charge in [-0.2, -0.15) is 5.10 Å². The summed E-state index contributed by atoms with van der Waals surface area (Å²) in [5, 5.41) is 15.2. The molecule has 4 aromatic rings. The van der Waals surface area contributed by atoms with Crippen LogP contribution in [0.25, 0.3) is 16.9 Å². The zero-order chi connectivity index (χ0) is 19.7. The third-order valence-corrected chi connectivity index (χ3v) is 4.38. The Labute approximate surface area is 161 Å². The van der Waals surface area contributed by atoms with Crippen molar-refractivity contribution in [3.05, 3.63) is 65.5 Å². The molecule has 0 radical (unpaired) electrons. The van der Waals surface area contributed by atoms with Crippen LogP contribution < -0.4 is 10.1 Å². The van der Waals surface area contributed by atoms with Gasteiger partial charge >= 0.3 is 0 Å². The van der Waals surface area contributed by atoms with E-state index in [1.807, 2.05) is 43.3 Å². The molecule has 8 nitrogen and oxygen atoms in total. The molecule has 1 N–H and O–H groups in total. The summed E-state index contributed by atoms with van der Waals surface area (Å²) in [5.41, 5.74) is 4.40. The Morgan fingerprint density at radius 1 is 1.04 bits per heavy atom. The Morgan fingerprint density at radius 2 is 1.86 bits per heavy atom. The monoisotopic (exact) mass is 374 g/mol. The van der Waals surface area contributed by atoms with Crippen molar-refractivity contribution in [2.45, 2.75) is 13.8 Å². The second-order valence-corrected chi connectivity index (χ2v) is 6.26. The third kappa shape index (κ3) is 3.16. The molecule has 0 aliphatic heterocycles. The molecule has 0 aliphatic rings. The molecular formula is C20H18N6O2. The zero-order valence-corrected chi connectivity index (χ0v) is 15.7. The molecule has 8 heteroatoms. The van der Waals surface area contributed by atoms with Gasteiger partial charge in [0.1, 0.15) is 0 Å². The largest absolute Gasteiger partial charge is 0.480 e. The van der Waals surface area contributed by atoms with Crippen molar-refractivity contribution in [1.82, 2.24) is 24.8 Å². The Bertz CT molecular complexity index is 1170. The van der Waals surface area contributed by atoms with E-state index in [2.05, 4.69) is 25.6 Å². The van der Waals surface area contributed by atoms with Gasteiger partial charge in [0.05, 0.1) is 18.5 Å². The van der Waals surface area contributed by atoms with E-state index in [-0.39, 0.29) is 5.91 Å². The van der Waals surface area contributed by atoms with Crippen LogP contribution >= 0.6 is 0 Å². The van der Waals surface area contributed by atoms with Crippen LogP contribution in [0, 0.1) is 13.8 Å². The first kappa shape index (κ1) is 17.6. The summed E-state index contributed by atoms with van der Waals surface area (Å²) in [7, 11) is 1.50. The van der Waals surface area contributed by atoms with E-state index in [9.17, 15) is 4.79 Å². The van der Waals surface area contributed by atoms with Gasteiger partial charge in [0.2, 0.25) is 5.88 Å². The van der Waals surface area contributed by atoms with E-state index in [0.29, 0.717) is 28.7 Å². The van der Waals surface area contributed by atoms with Crippen LogP contribution in [0.5, 0.6) is 5.88 Å². The molecule has 3 heterocycles. The summed E-state index contributed by atoms with van der Waals surface area (Å²) in [6.45, 7) is 3.80. The van der Waals surface area contributed by atoms with Gasteiger partial charge in [0.15, 0.2) is 17.2 Å². The summed E-state index contributed by atoms with van der Waals surface area (Å²) < 4.78 is 6.54. The number of carbonyl (C=O) groups is 1. The van der Waals surface area contributed by atoms with Gasteiger partial charge in [0.25, 0.3) is 5.91 Å². The minimum absolute atomic E-state index is 0.315. The van der Waals surface area contributed by atoms with Crippen LogP contribution in [-0.2, 0) is 0 Å². The van der Waals surface area contributed by atoms with E-state index in [0.717, 1.165) is 16.8 Å². The molecule has 0 saturated carbocycles. The number of nitrogens with zero attached hydrogens (tertiary/aromatic N) is 5. The molecule has 1 aromatic carbocycles. The van der Waals surface area contributed by atoms with Crippen molar-refractivity contribution < 1.29 is 9.53 Å². The van der Waals surface area contributed by atoms with E-state index >= 15 is 0 Å². The van der Waals surface area contributed by atoms with E-state index in [1.54, 1.807) is 23.6 Å². The summed E-state index contributed by atoms with van der Waals surface area (Å²) in [4.78, 5) is 17.3. The highest BCUT2D eigenvalue weighted by atomic mass is 16.5. The lowest BCUT2D eigenvalue weighted by atomic mass is 10.1. The summed E-state index contributed by atoms with van der Waals surface area (Å²) in [6.07, 6.45) is 0. The van der Waals surface area contributed by atoms with Gasteiger partial charge < -0.3 is 10.1 Å². The number of carbonyl (C=O) groups excluding carboxylic acids is 1. The number of amides is 1. The number of benzene rings is 1. The normalized spacial score (nSPS) is 10.8. The summed E-state index contributed by atoms with van der Waals surface area (Å²) >= 11 is 0. The predicted octanol–water partition coefficient (Wildman–Crippen LogP) is 3.06. The van der Waals surface area contributed by atoms with Gasteiger partial charge in [-0.05, 0) is 37.6 Å². The van der Waals surface area contributed by atoms with Crippen molar-refractivity contribution in [3.63, 3.8) is 0 Å². The smallest absolute Gasteiger partial charge is 0.277 e. The lowest BCUT2D eigenvalue weighted by Crippen LogP contribution is -2.17. The van der Waals surface area contributed by atoms with Gasteiger partial charge in [-0.3, -0.25) is 4.79 Å². The van der Waals surface area contributed by atoms with Crippen molar-refractivity contribution in [1.29, 1.82) is 0 Å². The number of hydrogen-bond donors (Lipinski definition) is 1. The third-order valence-electron chi connectivity index (χ3n) is 4.38. The summed E-state index contributed by atoms with van der Waals surface area (Å²) in [6, 6.07) is 15.0. The number of anilines is 1. The number of hydrogen-bond acceptors (Lipinski definition) is 6. The fourth-order valence-corrected chi connectivity index (χ4v) is 2.98. The van der Waals surface area contributed by atoms with E-state index < -0.39 is 0 Å². The van der Waals surface area contributed by atoms with Crippen LogP contribution in [0.3, 0.4) is 0 Å². The van der Waals surface area contributed by atoms with E-state index in [4.69, 9.17) is 4.74 Å². The predicted molar refractivity (Wildman–Crippen MR) is 104 cm³/mol. The van der Waals surface area contributed by atoms with Gasteiger partial charge in [-0.25, -0.2) is 9.50 Å². The van der Waals surface area contributed by atoms with Crippen molar-refractivity contribution in [3.8, 4) is 17.1 Å². The minimum Gasteiger partial charge on any atom is -0.480 e. The number of methoxy groups -OCH3 is 1. The number of ether oxygens (including phenoxy) is 1. The maximum Gasteiger partial charge on any atom is 0.277 e. The Morgan fingerprint density at radius 3 is 2.57 bits per heavy atom. The topological polar surface area (TPSA) is 94.3 Å². The molecular weight excluding hydrogens is 356 g/mol. The van der Waals surface area contributed by atoms with Crippen LogP contribution in [-0.4, -0.2) is 37.8 Å². The number of aromatic nitrogens is 5. The second kappa shape index (κ2) is 7.07. The van der Waals surface area contributed by atoms with Crippen molar-refractivity contribution in [2.75, 3.05) is 12.4 Å². The quantitative estimate of drug-likeness (QED) is 0.590. The van der Waals surface area contributed by atoms with Gasteiger partial charge in [0, 0.05) is 11.6 Å². The number of aryl methyl sites for hydroxylation is 2. The fraction of sp³-hybridized carbons (Fsp3) is 0.150. The molecule has 0 aliphatic carbocycles. The average molecular weight is 374 g/mol. The SMILES string of the molecule is COc1ccc(NC(=O)c2c(C)nc3ccc(-c4ccccc4C)nn23)nn1. The maximum absolute atomic E-state index is 12.9. The Hall–Kier alpha value is -3.81. The second-order valence-electron chi connectivity index (χ2n) is 6.26. The molecule has 0 spiro atoms. The fourth-order valence-electron chi connectivity index (χ4n) is 2.98. The first-order valence-electron chi connectivity index (χ1n) is 8.68. The molecule has 1 amide bonds. The highest BCUT2D eigenvalue weighted by Gasteiger charge is 2.19. The molecule has 3 aromatic heterocycles. The number of rotatable bonds is 4. The zero-order valence-electron chi connectivity index (χ0n) is 15.7. The van der Waals surface area contributed by atoms with Gasteiger partial charge in [-0.15, -0.1) is 10.2 Å². The lowest BCUT2D eigenvalue weighted by molar-refractivity contribution is 0.101. The first-order chi connectivity index (χ1) is 13.6. The molecule has 0 atom stereocenters. The number of nitrogens with one attached hydrogen (secondary N) is 1. The van der Waals surface area contributed by atoms with Crippen LogP contribution in [0.2, 0.25) is 0 Å². The number of fused-ring (bicyclic) bond motifs is 1. The minimum atomic E-state index is -0.362. The summed E-state index contributed by atoms with van der Waals surface area (Å²) in [5.74, 6) is 0.322. The van der Waals surface area contributed by atoms with Crippen molar-refractivity contribution >= 4 is 17.4 Å². The molecule has 0 bridgehead atoms.